The summed E-state index contributed by atoms with van der Waals surface area (Å²) in [5.41, 5.74) is 8.40. The van der Waals surface area contributed by atoms with Crippen molar-refractivity contribution in [2.45, 2.75) is 6.92 Å². The minimum absolute atomic E-state index is 0.344. The second-order valence-corrected chi connectivity index (χ2v) is 9.74. The van der Waals surface area contributed by atoms with Crippen LogP contribution in [0.4, 0.5) is 0 Å². The lowest BCUT2D eigenvalue weighted by Gasteiger charge is -2.11. The minimum Gasteiger partial charge on any atom is -0.454 e. The van der Waals surface area contributed by atoms with Crippen LogP contribution in [0.1, 0.15) is 5.56 Å². The Morgan fingerprint density at radius 2 is 1.39 bits per heavy atom. The lowest BCUT2D eigenvalue weighted by molar-refractivity contribution is 0.562. The first kappa shape index (κ1) is 22.5. The standard InChI is InChI=1S/C33H20ClNO3/c1-19-25-17-22(13-16-29(25)38-33(36)30(19)21-7-3-2-4-8-21)27-18-26(20-11-14-23(34)15-12-20)32-31(35-27)24-9-5-6-10-28(24)37-32/h2-18H,1H3. The zero-order valence-corrected chi connectivity index (χ0v) is 21.1. The number of hydrogen-bond acceptors (Lipinski definition) is 4. The van der Waals surface area contributed by atoms with Gasteiger partial charge in [0.25, 0.3) is 0 Å². The Hall–Kier alpha value is -4.67. The summed E-state index contributed by atoms with van der Waals surface area (Å²) in [6, 6.07) is 33.1. The summed E-state index contributed by atoms with van der Waals surface area (Å²) in [7, 11) is 0. The molecule has 3 aromatic heterocycles. The molecule has 0 unspecified atom stereocenters. The van der Waals surface area contributed by atoms with Gasteiger partial charge in [-0.25, -0.2) is 9.78 Å². The summed E-state index contributed by atoms with van der Waals surface area (Å²) < 4.78 is 12.0. The van der Waals surface area contributed by atoms with E-state index in [9.17, 15) is 4.79 Å². The van der Waals surface area contributed by atoms with E-state index in [2.05, 4.69) is 0 Å². The Bertz CT molecular complexity index is 2060. The van der Waals surface area contributed by atoms with Crippen LogP contribution in [0.25, 0.3) is 66.5 Å². The van der Waals surface area contributed by atoms with Crippen LogP contribution in [0.3, 0.4) is 0 Å². The summed E-state index contributed by atoms with van der Waals surface area (Å²) in [6.07, 6.45) is 0. The van der Waals surface area contributed by atoms with E-state index in [1.807, 2.05) is 110 Å². The van der Waals surface area contributed by atoms with E-state index in [0.717, 1.165) is 61.0 Å². The fourth-order valence-electron chi connectivity index (χ4n) is 5.12. The third-order valence-corrected chi connectivity index (χ3v) is 7.26. The third kappa shape index (κ3) is 3.61. The number of aryl methyl sites for hydroxylation is 1. The highest BCUT2D eigenvalue weighted by molar-refractivity contribution is 6.30. The van der Waals surface area contributed by atoms with Gasteiger partial charge in [0, 0.05) is 26.9 Å². The van der Waals surface area contributed by atoms with Gasteiger partial charge in [-0.1, -0.05) is 66.2 Å². The Morgan fingerprint density at radius 3 is 2.21 bits per heavy atom. The predicted octanol–water partition coefficient (Wildman–Crippen LogP) is 9.05. The Balaban J connectivity index is 1.49. The monoisotopic (exact) mass is 513 g/mol. The van der Waals surface area contributed by atoms with Gasteiger partial charge in [-0.05, 0) is 72.1 Å². The number of benzene rings is 4. The molecule has 4 nitrogen and oxygen atoms in total. The van der Waals surface area contributed by atoms with Crippen molar-refractivity contribution in [3.8, 4) is 33.5 Å². The van der Waals surface area contributed by atoms with Crippen LogP contribution in [-0.4, -0.2) is 4.98 Å². The maximum Gasteiger partial charge on any atom is 0.344 e. The zero-order valence-electron chi connectivity index (χ0n) is 20.4. The first-order valence-corrected chi connectivity index (χ1v) is 12.7. The maximum atomic E-state index is 12.9. The van der Waals surface area contributed by atoms with Gasteiger partial charge in [0.05, 0.1) is 11.3 Å². The molecule has 182 valence electrons. The maximum absolute atomic E-state index is 12.9. The number of rotatable bonds is 3. The van der Waals surface area contributed by atoms with Crippen LogP contribution in [0.15, 0.2) is 117 Å². The van der Waals surface area contributed by atoms with Gasteiger partial charge in [0.15, 0.2) is 5.58 Å². The molecule has 0 aliphatic rings. The zero-order chi connectivity index (χ0) is 25.8. The molecule has 0 atom stereocenters. The van der Waals surface area contributed by atoms with E-state index >= 15 is 0 Å². The molecule has 0 aliphatic carbocycles. The normalized spacial score (nSPS) is 11.5. The number of nitrogens with zero attached hydrogens (tertiary/aromatic N) is 1. The molecule has 0 radical (unpaired) electrons. The number of fused-ring (bicyclic) bond motifs is 4. The van der Waals surface area contributed by atoms with Crippen molar-refractivity contribution in [2.24, 2.45) is 0 Å². The van der Waals surface area contributed by atoms with Gasteiger partial charge in [-0.15, -0.1) is 0 Å². The summed E-state index contributed by atoms with van der Waals surface area (Å²) in [5, 5.41) is 2.49. The summed E-state index contributed by atoms with van der Waals surface area (Å²) >= 11 is 6.18. The Labute approximate surface area is 222 Å². The van der Waals surface area contributed by atoms with E-state index in [4.69, 9.17) is 25.4 Å². The highest BCUT2D eigenvalue weighted by atomic mass is 35.5. The highest BCUT2D eigenvalue weighted by Gasteiger charge is 2.18. The van der Waals surface area contributed by atoms with Crippen molar-refractivity contribution in [1.82, 2.24) is 4.98 Å². The van der Waals surface area contributed by atoms with Crippen LogP contribution in [0.5, 0.6) is 0 Å². The molecule has 0 aliphatic heterocycles. The molecule has 0 saturated carbocycles. The molecule has 0 fully saturated rings. The molecule has 5 heteroatoms. The fourth-order valence-corrected chi connectivity index (χ4v) is 5.25. The number of para-hydroxylation sites is 1. The second-order valence-electron chi connectivity index (χ2n) is 9.30. The Morgan fingerprint density at radius 1 is 0.684 bits per heavy atom. The van der Waals surface area contributed by atoms with E-state index in [1.165, 1.54) is 0 Å². The van der Waals surface area contributed by atoms with Crippen molar-refractivity contribution in [3.05, 3.63) is 124 Å². The van der Waals surface area contributed by atoms with E-state index in [0.29, 0.717) is 16.2 Å². The second kappa shape index (κ2) is 8.72. The first-order valence-electron chi connectivity index (χ1n) is 12.3. The van der Waals surface area contributed by atoms with Crippen LogP contribution in [0, 0.1) is 6.92 Å². The molecule has 7 aromatic rings. The van der Waals surface area contributed by atoms with Crippen molar-refractivity contribution in [3.63, 3.8) is 0 Å². The van der Waals surface area contributed by atoms with Crippen molar-refractivity contribution in [1.29, 1.82) is 0 Å². The number of halogens is 1. The summed E-state index contributed by atoms with van der Waals surface area (Å²) in [4.78, 5) is 17.9. The molecule has 3 heterocycles. The third-order valence-electron chi connectivity index (χ3n) is 7.01. The lowest BCUT2D eigenvalue weighted by atomic mass is 9.97. The van der Waals surface area contributed by atoms with Crippen LogP contribution in [-0.2, 0) is 0 Å². The quantitative estimate of drug-likeness (QED) is 0.221. The van der Waals surface area contributed by atoms with Crippen LogP contribution < -0.4 is 5.63 Å². The van der Waals surface area contributed by atoms with Crippen LogP contribution in [0.2, 0.25) is 5.02 Å². The highest BCUT2D eigenvalue weighted by Crippen LogP contribution is 2.38. The van der Waals surface area contributed by atoms with Gasteiger partial charge >= 0.3 is 5.63 Å². The number of hydrogen-bond donors (Lipinski definition) is 0. The average molecular weight is 514 g/mol. The van der Waals surface area contributed by atoms with Gasteiger partial charge in [0.2, 0.25) is 0 Å². The minimum atomic E-state index is -0.344. The predicted molar refractivity (Wildman–Crippen MR) is 154 cm³/mol. The topological polar surface area (TPSA) is 56.2 Å². The number of aromatic nitrogens is 1. The van der Waals surface area contributed by atoms with E-state index < -0.39 is 0 Å². The van der Waals surface area contributed by atoms with Gasteiger partial charge in [-0.3, -0.25) is 0 Å². The van der Waals surface area contributed by atoms with Gasteiger partial charge in [0.1, 0.15) is 16.7 Å². The molecule has 7 rings (SSSR count). The fraction of sp³-hybridized carbons (Fsp3) is 0.0303. The first-order chi connectivity index (χ1) is 18.6. The lowest BCUT2D eigenvalue weighted by Crippen LogP contribution is -2.06. The number of pyridine rings is 1. The van der Waals surface area contributed by atoms with Crippen molar-refractivity contribution < 1.29 is 8.83 Å². The van der Waals surface area contributed by atoms with E-state index in [-0.39, 0.29) is 5.63 Å². The Kier molecular flexibility index (Phi) is 5.17. The largest absolute Gasteiger partial charge is 0.454 e. The van der Waals surface area contributed by atoms with Crippen molar-refractivity contribution in [2.75, 3.05) is 0 Å². The molecule has 0 N–H and O–H groups in total. The molecule has 38 heavy (non-hydrogen) atoms. The molecular formula is C33H20ClNO3. The molecule has 0 bridgehead atoms. The van der Waals surface area contributed by atoms with Gasteiger partial charge in [-0.2, -0.15) is 0 Å². The SMILES string of the molecule is Cc1c(-c2ccccc2)c(=O)oc2ccc(-c3cc(-c4ccc(Cl)cc4)c4oc5ccccc5c4n3)cc12. The average Bonchev–Trinajstić information content (AvgIpc) is 3.32. The van der Waals surface area contributed by atoms with E-state index in [1.54, 1.807) is 0 Å². The summed E-state index contributed by atoms with van der Waals surface area (Å²) in [6.45, 7) is 1.96. The number of furan rings is 1. The van der Waals surface area contributed by atoms with Crippen molar-refractivity contribution >= 4 is 44.6 Å². The molecule has 0 amide bonds. The molecule has 0 spiro atoms. The molecule has 4 aromatic carbocycles. The molecule has 0 saturated heterocycles. The summed E-state index contributed by atoms with van der Waals surface area (Å²) in [5.74, 6) is 0. The molecular weight excluding hydrogens is 494 g/mol. The van der Waals surface area contributed by atoms with Crippen LogP contribution >= 0.6 is 11.6 Å². The smallest absolute Gasteiger partial charge is 0.344 e. The van der Waals surface area contributed by atoms with Gasteiger partial charge < -0.3 is 8.83 Å².